The van der Waals surface area contributed by atoms with Gasteiger partial charge in [0.2, 0.25) is 0 Å². The number of rotatable bonds is 4. The van der Waals surface area contributed by atoms with Crippen LogP contribution in [0.5, 0.6) is 5.75 Å². The first-order valence-electron chi connectivity index (χ1n) is 6.13. The van der Waals surface area contributed by atoms with Crippen LogP contribution in [0.1, 0.15) is 22.7 Å². The maximum atomic E-state index is 14.2. The van der Waals surface area contributed by atoms with Gasteiger partial charge in [-0.25, -0.2) is 9.82 Å². The molecule has 0 heterocycles. The summed E-state index contributed by atoms with van der Waals surface area (Å²) in [6, 6.07) is 9.69. The fourth-order valence-corrected chi connectivity index (χ4v) is 2.33. The molecule has 0 aliphatic carbocycles. The van der Waals surface area contributed by atoms with Crippen molar-refractivity contribution in [2.75, 3.05) is 7.11 Å². The highest BCUT2D eigenvalue weighted by molar-refractivity contribution is 6.31. The minimum absolute atomic E-state index is 0.383. The van der Waals surface area contributed by atoms with Gasteiger partial charge >= 0.3 is 0 Å². The third-order valence-electron chi connectivity index (χ3n) is 3.31. The molecule has 0 spiro atoms. The van der Waals surface area contributed by atoms with Gasteiger partial charge in [-0.2, -0.15) is 0 Å². The van der Waals surface area contributed by atoms with Crippen LogP contribution in [0.25, 0.3) is 0 Å². The Morgan fingerprint density at radius 2 is 2.00 bits per heavy atom. The zero-order valence-corrected chi connectivity index (χ0v) is 12.0. The summed E-state index contributed by atoms with van der Waals surface area (Å²) in [6.45, 7) is 1.88. The van der Waals surface area contributed by atoms with E-state index in [0.717, 1.165) is 11.1 Å². The third kappa shape index (κ3) is 2.77. The molecule has 2 rings (SSSR count). The van der Waals surface area contributed by atoms with Crippen molar-refractivity contribution in [1.29, 1.82) is 0 Å². The Bertz CT molecular complexity index is 619. The molecule has 0 saturated heterocycles. The molecule has 3 nitrogen and oxygen atoms in total. The van der Waals surface area contributed by atoms with Crippen LogP contribution < -0.4 is 16.0 Å². The number of ether oxygens (including phenoxy) is 1. The lowest BCUT2D eigenvalue weighted by molar-refractivity contribution is 0.410. The zero-order valence-electron chi connectivity index (χ0n) is 11.3. The number of halogens is 2. The fourth-order valence-electron chi connectivity index (χ4n) is 2.15. The molecule has 0 bridgehead atoms. The van der Waals surface area contributed by atoms with Crippen LogP contribution in [-0.2, 0) is 0 Å². The van der Waals surface area contributed by atoms with Gasteiger partial charge in [0.25, 0.3) is 0 Å². The molecule has 0 aliphatic rings. The lowest BCUT2D eigenvalue weighted by Crippen LogP contribution is -2.30. The number of benzene rings is 2. The Labute approximate surface area is 122 Å². The Kier molecular flexibility index (Phi) is 4.60. The molecule has 20 heavy (non-hydrogen) atoms. The number of nitrogens with one attached hydrogen (secondary N) is 1. The van der Waals surface area contributed by atoms with Crippen LogP contribution in [0, 0.1) is 12.7 Å². The molecule has 5 heteroatoms. The first-order chi connectivity index (χ1) is 9.58. The minimum Gasteiger partial charge on any atom is -0.497 e. The summed E-state index contributed by atoms with van der Waals surface area (Å²) in [5.74, 6) is 5.68. The number of hydrogen-bond acceptors (Lipinski definition) is 3. The van der Waals surface area contributed by atoms with Gasteiger partial charge in [0, 0.05) is 16.7 Å². The molecule has 106 valence electrons. The van der Waals surface area contributed by atoms with Crippen LogP contribution in [-0.4, -0.2) is 7.11 Å². The van der Waals surface area contributed by atoms with E-state index in [2.05, 4.69) is 5.43 Å². The van der Waals surface area contributed by atoms with Crippen molar-refractivity contribution in [1.82, 2.24) is 5.43 Å². The number of methoxy groups -OCH3 is 1. The molecule has 1 atom stereocenters. The van der Waals surface area contributed by atoms with Crippen molar-refractivity contribution in [3.8, 4) is 5.75 Å². The molecule has 2 aromatic carbocycles. The average Bonchev–Trinajstić information content (AvgIpc) is 2.45. The highest BCUT2D eigenvalue weighted by Crippen LogP contribution is 2.30. The van der Waals surface area contributed by atoms with Crippen molar-refractivity contribution in [2.45, 2.75) is 13.0 Å². The van der Waals surface area contributed by atoms with Crippen molar-refractivity contribution in [2.24, 2.45) is 5.84 Å². The highest BCUT2D eigenvalue weighted by Gasteiger charge is 2.19. The second-order valence-electron chi connectivity index (χ2n) is 4.44. The van der Waals surface area contributed by atoms with Crippen LogP contribution in [0.15, 0.2) is 36.4 Å². The monoisotopic (exact) mass is 294 g/mol. The maximum Gasteiger partial charge on any atom is 0.132 e. The van der Waals surface area contributed by atoms with Crippen LogP contribution >= 0.6 is 11.6 Å². The molecule has 1 unspecified atom stereocenters. The maximum absolute atomic E-state index is 14.2. The summed E-state index contributed by atoms with van der Waals surface area (Å²) >= 11 is 6.11. The summed E-state index contributed by atoms with van der Waals surface area (Å²) in [5.41, 5.74) is 4.79. The first-order valence-corrected chi connectivity index (χ1v) is 6.51. The number of nitrogens with two attached hydrogens (primary N) is 1. The fraction of sp³-hybridized carbons (Fsp3) is 0.200. The first kappa shape index (κ1) is 14.8. The van der Waals surface area contributed by atoms with E-state index in [1.807, 2.05) is 19.1 Å². The minimum atomic E-state index is -0.473. The third-order valence-corrected chi connectivity index (χ3v) is 3.72. The smallest absolute Gasteiger partial charge is 0.132 e. The molecule has 3 N–H and O–H groups in total. The van der Waals surface area contributed by atoms with Gasteiger partial charge in [-0.1, -0.05) is 29.8 Å². The normalized spacial score (nSPS) is 12.2. The van der Waals surface area contributed by atoms with Crippen LogP contribution in [0.2, 0.25) is 5.02 Å². The summed E-state index contributed by atoms with van der Waals surface area (Å²) < 4.78 is 19.2. The van der Waals surface area contributed by atoms with Crippen molar-refractivity contribution >= 4 is 11.6 Å². The molecule has 0 amide bonds. The lowest BCUT2D eigenvalue weighted by atomic mass is 9.95. The molecular weight excluding hydrogens is 279 g/mol. The second kappa shape index (κ2) is 6.22. The summed E-state index contributed by atoms with van der Waals surface area (Å²) in [5, 5.41) is 0.622. The predicted octanol–water partition coefficient (Wildman–Crippen LogP) is 3.35. The van der Waals surface area contributed by atoms with Crippen molar-refractivity contribution < 1.29 is 9.13 Å². The van der Waals surface area contributed by atoms with Crippen molar-refractivity contribution in [3.63, 3.8) is 0 Å². The largest absolute Gasteiger partial charge is 0.497 e. The Hall–Kier alpha value is -1.62. The molecule has 0 saturated carbocycles. The Morgan fingerprint density at radius 1 is 1.25 bits per heavy atom. The van der Waals surface area contributed by atoms with E-state index in [1.54, 1.807) is 18.2 Å². The quantitative estimate of drug-likeness (QED) is 0.671. The van der Waals surface area contributed by atoms with E-state index in [0.29, 0.717) is 16.3 Å². The Balaban J connectivity index is 2.50. The summed E-state index contributed by atoms with van der Waals surface area (Å²) in [6.07, 6.45) is 0. The van der Waals surface area contributed by atoms with E-state index in [-0.39, 0.29) is 5.82 Å². The van der Waals surface area contributed by atoms with E-state index >= 15 is 0 Å². The van der Waals surface area contributed by atoms with Crippen molar-refractivity contribution in [3.05, 3.63) is 63.9 Å². The molecule has 0 radical (unpaired) electrons. The second-order valence-corrected chi connectivity index (χ2v) is 4.85. The lowest BCUT2D eigenvalue weighted by Gasteiger charge is -2.20. The van der Waals surface area contributed by atoms with Gasteiger partial charge in [-0.3, -0.25) is 5.84 Å². The highest BCUT2D eigenvalue weighted by atomic mass is 35.5. The van der Waals surface area contributed by atoms with Gasteiger partial charge in [0.15, 0.2) is 0 Å². The SMILES string of the molecule is COc1ccc(C(NN)c2cccc(Cl)c2C)c(F)c1. The summed E-state index contributed by atoms with van der Waals surface area (Å²) in [7, 11) is 1.49. The average molecular weight is 295 g/mol. The number of hydrogen-bond donors (Lipinski definition) is 2. The standard InChI is InChI=1S/C15H16ClFN2O/c1-9-11(4-3-5-13(9)16)15(19-18)12-7-6-10(20-2)8-14(12)17/h3-8,15,19H,18H2,1-2H3. The van der Waals surface area contributed by atoms with Gasteiger partial charge in [0.1, 0.15) is 11.6 Å². The molecular formula is C15H16ClFN2O. The topological polar surface area (TPSA) is 47.3 Å². The van der Waals surface area contributed by atoms with E-state index in [4.69, 9.17) is 22.2 Å². The van der Waals surface area contributed by atoms with Crippen LogP contribution in [0.4, 0.5) is 4.39 Å². The van der Waals surface area contributed by atoms with E-state index < -0.39 is 6.04 Å². The zero-order chi connectivity index (χ0) is 14.7. The molecule has 2 aromatic rings. The van der Waals surface area contributed by atoms with E-state index in [1.165, 1.54) is 13.2 Å². The van der Waals surface area contributed by atoms with E-state index in [9.17, 15) is 4.39 Å². The van der Waals surface area contributed by atoms with Gasteiger partial charge in [-0.15, -0.1) is 0 Å². The molecule has 0 aromatic heterocycles. The number of hydrazine groups is 1. The Morgan fingerprint density at radius 3 is 2.60 bits per heavy atom. The van der Waals surface area contributed by atoms with Gasteiger partial charge in [0.05, 0.1) is 13.2 Å². The summed E-state index contributed by atoms with van der Waals surface area (Å²) in [4.78, 5) is 0. The van der Waals surface area contributed by atoms with Crippen LogP contribution in [0.3, 0.4) is 0 Å². The van der Waals surface area contributed by atoms with Gasteiger partial charge in [-0.05, 0) is 30.2 Å². The van der Waals surface area contributed by atoms with Gasteiger partial charge < -0.3 is 4.74 Å². The predicted molar refractivity (Wildman–Crippen MR) is 78.3 cm³/mol. The molecule has 0 fully saturated rings. The molecule has 0 aliphatic heterocycles.